The third-order valence-corrected chi connectivity index (χ3v) is 3.22. The van der Waals surface area contributed by atoms with Crippen LogP contribution in [0.5, 0.6) is 11.5 Å². The summed E-state index contributed by atoms with van der Waals surface area (Å²) in [5.41, 5.74) is 1.32. The van der Waals surface area contributed by atoms with Crippen molar-refractivity contribution in [3.05, 3.63) is 73.1 Å². The van der Waals surface area contributed by atoms with Crippen molar-refractivity contribution >= 4 is 21.8 Å². The molecule has 4 aromatic rings. The van der Waals surface area contributed by atoms with Crippen LogP contribution >= 0.6 is 0 Å². The summed E-state index contributed by atoms with van der Waals surface area (Å²) in [6.45, 7) is 0. The Morgan fingerprint density at radius 2 is 0.957 bits per heavy atom. The Hall–Kier alpha value is -2.48. The van der Waals surface area contributed by atoms with Crippen molar-refractivity contribution in [3.8, 4) is 11.5 Å². The summed E-state index contributed by atoms with van der Waals surface area (Å²) in [6, 6.07) is 18.3. The first-order chi connectivity index (χ1) is 10.8. The van der Waals surface area contributed by atoms with E-state index in [4.69, 9.17) is 0 Å². The van der Waals surface area contributed by atoms with Gasteiger partial charge in [0.2, 0.25) is 0 Å². The fourth-order valence-electron chi connectivity index (χ4n) is 2.18. The number of rotatable bonds is 0. The zero-order chi connectivity index (χ0) is 15.4. The van der Waals surface area contributed by atoms with Gasteiger partial charge in [0.15, 0.2) is 0 Å². The molecule has 0 spiro atoms. The summed E-state index contributed by atoms with van der Waals surface area (Å²) in [7, 11) is 0. The van der Waals surface area contributed by atoms with Crippen molar-refractivity contribution < 1.29 is 30.6 Å². The topological polar surface area (TPSA) is 66.2 Å². The maximum absolute atomic E-state index is 9.31. The molecule has 0 aliphatic rings. The van der Waals surface area contributed by atoms with Crippen LogP contribution in [0.2, 0.25) is 0 Å². The molecule has 0 fully saturated rings. The third-order valence-electron chi connectivity index (χ3n) is 3.22. The zero-order valence-corrected chi connectivity index (χ0v) is 13.6. The van der Waals surface area contributed by atoms with Gasteiger partial charge in [-0.3, -0.25) is 9.97 Å². The Balaban J connectivity index is 0.000000160. The van der Waals surface area contributed by atoms with Gasteiger partial charge in [-0.05, 0) is 24.3 Å². The van der Waals surface area contributed by atoms with Crippen LogP contribution in [-0.4, -0.2) is 20.2 Å². The molecular formula is C18H14N2O2Pd. The molecule has 4 rings (SSSR count). The smallest absolute Gasteiger partial charge is 0.141 e. The summed E-state index contributed by atoms with van der Waals surface area (Å²) in [5.74, 6) is 0.478. The van der Waals surface area contributed by atoms with Crippen LogP contribution in [0.15, 0.2) is 73.1 Å². The number of phenolic OH excluding ortho intramolecular Hbond substituents is 2. The Morgan fingerprint density at radius 1 is 0.565 bits per heavy atom. The van der Waals surface area contributed by atoms with Crippen molar-refractivity contribution in [3.63, 3.8) is 0 Å². The van der Waals surface area contributed by atoms with Crippen molar-refractivity contribution in [2.75, 3.05) is 0 Å². The molecule has 0 aliphatic carbocycles. The minimum Gasteiger partial charge on any atom is -0.506 e. The number of hydrogen-bond acceptors (Lipinski definition) is 4. The van der Waals surface area contributed by atoms with Gasteiger partial charge in [-0.15, -0.1) is 0 Å². The number of aromatic hydroxyl groups is 2. The van der Waals surface area contributed by atoms with Crippen molar-refractivity contribution in [1.29, 1.82) is 0 Å². The minimum atomic E-state index is 0. The summed E-state index contributed by atoms with van der Waals surface area (Å²) >= 11 is 0. The van der Waals surface area contributed by atoms with Crippen molar-refractivity contribution in [1.82, 2.24) is 9.97 Å². The SMILES string of the molecule is Oc1cccc2cccnc12.Oc1cccc2cccnc12.[Pd]. The average molecular weight is 397 g/mol. The largest absolute Gasteiger partial charge is 0.506 e. The summed E-state index contributed by atoms with van der Waals surface area (Å²) in [6.07, 6.45) is 3.34. The van der Waals surface area contributed by atoms with Gasteiger partial charge >= 0.3 is 0 Å². The predicted molar refractivity (Wildman–Crippen MR) is 86.8 cm³/mol. The normalized spacial score (nSPS) is 9.74. The van der Waals surface area contributed by atoms with E-state index in [0.29, 0.717) is 11.0 Å². The zero-order valence-electron chi connectivity index (χ0n) is 12.0. The average Bonchev–Trinajstić information content (AvgIpc) is 2.57. The maximum atomic E-state index is 9.31. The maximum Gasteiger partial charge on any atom is 0.141 e. The number of aromatic nitrogens is 2. The standard InChI is InChI=1S/2C9H7NO.Pd/c2*11-8-5-1-3-7-4-2-6-10-9(7)8;/h2*1-6,11H;. The molecule has 0 atom stereocenters. The van der Waals surface area contributed by atoms with E-state index >= 15 is 0 Å². The van der Waals surface area contributed by atoms with Gasteiger partial charge in [-0.25, -0.2) is 0 Å². The number of pyridine rings is 2. The van der Waals surface area contributed by atoms with Gasteiger partial charge in [0, 0.05) is 43.6 Å². The van der Waals surface area contributed by atoms with Crippen LogP contribution in [0.4, 0.5) is 0 Å². The molecule has 2 aromatic heterocycles. The molecule has 0 saturated carbocycles. The van der Waals surface area contributed by atoms with E-state index in [1.165, 1.54) is 0 Å². The molecule has 118 valence electrons. The molecule has 2 heterocycles. The second-order valence-electron chi connectivity index (χ2n) is 4.70. The predicted octanol–water partition coefficient (Wildman–Crippen LogP) is 3.88. The van der Waals surface area contributed by atoms with Crippen molar-refractivity contribution in [2.45, 2.75) is 0 Å². The van der Waals surface area contributed by atoms with Crippen LogP contribution in [0.1, 0.15) is 0 Å². The fourth-order valence-corrected chi connectivity index (χ4v) is 2.18. The Morgan fingerprint density at radius 3 is 1.35 bits per heavy atom. The molecule has 4 nitrogen and oxygen atoms in total. The van der Waals surface area contributed by atoms with Crippen LogP contribution in [0, 0.1) is 0 Å². The van der Waals surface area contributed by atoms with Gasteiger partial charge < -0.3 is 10.2 Å². The molecular weight excluding hydrogens is 383 g/mol. The Kier molecular flexibility index (Phi) is 5.64. The summed E-state index contributed by atoms with van der Waals surface area (Å²) < 4.78 is 0. The van der Waals surface area contributed by atoms with E-state index in [1.54, 1.807) is 36.7 Å². The van der Waals surface area contributed by atoms with Crippen LogP contribution in [0.3, 0.4) is 0 Å². The molecule has 0 aliphatic heterocycles. The fraction of sp³-hybridized carbons (Fsp3) is 0. The molecule has 0 radical (unpaired) electrons. The Bertz CT molecular complexity index is 841. The molecule has 0 amide bonds. The van der Waals surface area contributed by atoms with Gasteiger partial charge in [0.05, 0.1) is 0 Å². The van der Waals surface area contributed by atoms with Gasteiger partial charge in [0.25, 0.3) is 0 Å². The number of fused-ring (bicyclic) bond motifs is 2. The van der Waals surface area contributed by atoms with E-state index in [1.807, 2.05) is 36.4 Å². The minimum absolute atomic E-state index is 0. The molecule has 23 heavy (non-hydrogen) atoms. The monoisotopic (exact) mass is 396 g/mol. The van der Waals surface area contributed by atoms with Gasteiger partial charge in [0.1, 0.15) is 22.5 Å². The van der Waals surface area contributed by atoms with E-state index in [2.05, 4.69) is 9.97 Å². The van der Waals surface area contributed by atoms with Crippen LogP contribution in [0.25, 0.3) is 21.8 Å². The second-order valence-corrected chi connectivity index (χ2v) is 4.70. The van der Waals surface area contributed by atoms with Crippen LogP contribution in [-0.2, 0) is 20.4 Å². The summed E-state index contributed by atoms with van der Waals surface area (Å²) in [5, 5.41) is 20.5. The quantitative estimate of drug-likeness (QED) is 0.443. The number of phenols is 2. The molecule has 0 unspecified atom stereocenters. The van der Waals surface area contributed by atoms with Gasteiger partial charge in [-0.2, -0.15) is 0 Å². The van der Waals surface area contributed by atoms with Crippen LogP contribution < -0.4 is 0 Å². The first kappa shape index (κ1) is 16.9. The molecule has 0 bridgehead atoms. The molecule has 2 aromatic carbocycles. The number of hydrogen-bond donors (Lipinski definition) is 2. The first-order valence-electron chi connectivity index (χ1n) is 6.81. The number of nitrogens with zero attached hydrogens (tertiary/aromatic N) is 2. The molecule has 2 N–H and O–H groups in total. The summed E-state index contributed by atoms with van der Waals surface area (Å²) in [4.78, 5) is 8.06. The number of benzene rings is 2. The Labute approximate surface area is 147 Å². The van der Waals surface area contributed by atoms with E-state index < -0.39 is 0 Å². The molecule has 5 heteroatoms. The van der Waals surface area contributed by atoms with Gasteiger partial charge in [-0.1, -0.05) is 36.4 Å². The second kappa shape index (κ2) is 7.68. The molecule has 0 saturated heterocycles. The third kappa shape index (κ3) is 3.84. The van der Waals surface area contributed by atoms with E-state index in [9.17, 15) is 10.2 Å². The van der Waals surface area contributed by atoms with Crippen molar-refractivity contribution in [2.24, 2.45) is 0 Å². The van der Waals surface area contributed by atoms with E-state index in [-0.39, 0.29) is 31.9 Å². The number of para-hydroxylation sites is 2. The first-order valence-corrected chi connectivity index (χ1v) is 6.81. The van der Waals surface area contributed by atoms with E-state index in [0.717, 1.165) is 10.8 Å².